The summed E-state index contributed by atoms with van der Waals surface area (Å²) in [5.74, 6) is 0.769. The SMILES string of the molecule is CC1C/C=C(\c2c(-n3c4ccccc4c4cc5ccccc5cc43)ccc3oc4ccccc4c23)N=C(c2cccc3ccccc23)N=C1c1ccc2sc3ccccc3c2c1. The number of benzene rings is 9. The summed E-state index contributed by atoms with van der Waals surface area (Å²) in [7, 11) is 0. The average molecular weight is 812 g/mol. The molecular weight excluding hydrogens is 775 g/mol. The lowest BCUT2D eigenvalue weighted by atomic mass is 9.91. The zero-order valence-corrected chi connectivity index (χ0v) is 34.7. The lowest BCUT2D eigenvalue weighted by Crippen LogP contribution is -2.17. The number of thiophene rings is 1. The highest BCUT2D eigenvalue weighted by Crippen LogP contribution is 2.44. The Morgan fingerprint density at radius 3 is 2.13 bits per heavy atom. The third-order valence-corrected chi connectivity index (χ3v) is 14.0. The van der Waals surface area contributed by atoms with Gasteiger partial charge in [-0.15, -0.1) is 11.3 Å². The van der Waals surface area contributed by atoms with Crippen LogP contribution in [0.25, 0.3) is 96.8 Å². The molecule has 1 atom stereocenters. The van der Waals surface area contributed by atoms with Gasteiger partial charge >= 0.3 is 0 Å². The molecule has 0 N–H and O–H groups in total. The molecule has 0 bridgehead atoms. The normalized spacial score (nSPS) is 15.8. The zero-order chi connectivity index (χ0) is 40.9. The van der Waals surface area contributed by atoms with Crippen LogP contribution in [0.2, 0.25) is 0 Å². The fraction of sp³-hybridized carbons (Fsp3) is 0.0526. The van der Waals surface area contributed by atoms with Crippen LogP contribution < -0.4 is 0 Å². The number of fused-ring (bicyclic) bond motifs is 11. The van der Waals surface area contributed by atoms with Crippen LogP contribution in [0.1, 0.15) is 30.0 Å². The second-order valence-electron chi connectivity index (χ2n) is 16.5. The highest BCUT2D eigenvalue weighted by molar-refractivity contribution is 7.25. The third kappa shape index (κ3) is 5.38. The van der Waals surface area contributed by atoms with E-state index in [1.807, 2.05) is 17.4 Å². The van der Waals surface area contributed by atoms with Crippen molar-refractivity contribution < 1.29 is 4.42 Å². The van der Waals surface area contributed by atoms with Crippen molar-refractivity contribution in [1.82, 2.24) is 4.57 Å². The number of allylic oxidation sites excluding steroid dienone is 1. The summed E-state index contributed by atoms with van der Waals surface area (Å²) in [6, 6.07) is 65.5. The van der Waals surface area contributed by atoms with Gasteiger partial charge in [-0.1, -0.05) is 140 Å². The van der Waals surface area contributed by atoms with E-state index in [-0.39, 0.29) is 5.92 Å². The predicted octanol–water partition coefficient (Wildman–Crippen LogP) is 15.7. The average Bonchev–Trinajstić information content (AvgIpc) is 3.99. The minimum Gasteiger partial charge on any atom is -0.456 e. The number of rotatable bonds is 4. The molecule has 0 aliphatic carbocycles. The van der Waals surface area contributed by atoms with Gasteiger partial charge in [0.25, 0.3) is 0 Å². The number of para-hydroxylation sites is 2. The number of hydrogen-bond acceptors (Lipinski definition) is 4. The van der Waals surface area contributed by atoms with E-state index >= 15 is 0 Å². The molecule has 1 aliphatic heterocycles. The van der Waals surface area contributed by atoms with Crippen LogP contribution >= 0.6 is 11.3 Å². The molecule has 0 saturated carbocycles. The van der Waals surface area contributed by atoms with Crippen LogP contribution in [0.4, 0.5) is 0 Å². The number of aromatic nitrogens is 1. The van der Waals surface area contributed by atoms with E-state index in [4.69, 9.17) is 14.4 Å². The molecule has 12 aromatic rings. The van der Waals surface area contributed by atoms with Crippen LogP contribution in [0, 0.1) is 5.92 Å². The van der Waals surface area contributed by atoms with E-state index in [0.717, 1.165) is 84.0 Å². The van der Waals surface area contributed by atoms with E-state index in [0.29, 0.717) is 5.84 Å². The number of furan rings is 1. The van der Waals surface area contributed by atoms with Crippen molar-refractivity contribution in [1.29, 1.82) is 0 Å². The second-order valence-corrected chi connectivity index (χ2v) is 17.6. The molecule has 0 radical (unpaired) electrons. The quantitative estimate of drug-likeness (QED) is 0.175. The summed E-state index contributed by atoms with van der Waals surface area (Å²) in [4.78, 5) is 11.5. The summed E-state index contributed by atoms with van der Waals surface area (Å²) >= 11 is 1.84. The highest BCUT2D eigenvalue weighted by Gasteiger charge is 2.26. The third-order valence-electron chi connectivity index (χ3n) is 12.8. The molecule has 5 heteroatoms. The summed E-state index contributed by atoms with van der Waals surface area (Å²) in [6.07, 6.45) is 3.10. The molecule has 4 heterocycles. The van der Waals surface area contributed by atoms with Crippen molar-refractivity contribution in [2.75, 3.05) is 0 Å². The molecule has 0 spiro atoms. The summed E-state index contributed by atoms with van der Waals surface area (Å²) in [5, 5.41) is 11.8. The van der Waals surface area contributed by atoms with Crippen LogP contribution in [0.5, 0.6) is 0 Å². The Balaban J connectivity index is 1.12. The Bertz CT molecular complexity index is 3930. The first kappa shape index (κ1) is 35.2. The lowest BCUT2D eigenvalue weighted by molar-refractivity contribution is 0.669. The molecule has 62 heavy (non-hydrogen) atoms. The minimum absolute atomic E-state index is 0.0798. The van der Waals surface area contributed by atoms with Gasteiger partial charge < -0.3 is 8.98 Å². The number of amidine groups is 1. The molecule has 9 aromatic carbocycles. The molecule has 13 rings (SSSR count). The van der Waals surface area contributed by atoms with Crippen molar-refractivity contribution in [3.8, 4) is 5.69 Å². The molecule has 3 aromatic heterocycles. The maximum Gasteiger partial charge on any atom is 0.160 e. The zero-order valence-electron chi connectivity index (χ0n) is 33.8. The Labute approximate surface area is 361 Å². The van der Waals surface area contributed by atoms with E-state index in [2.05, 4.69) is 193 Å². The van der Waals surface area contributed by atoms with Gasteiger partial charge in [0.2, 0.25) is 0 Å². The largest absolute Gasteiger partial charge is 0.456 e. The molecule has 4 nitrogen and oxygen atoms in total. The fourth-order valence-electron chi connectivity index (χ4n) is 9.91. The second kappa shape index (κ2) is 13.7. The Morgan fingerprint density at radius 1 is 0.532 bits per heavy atom. The molecule has 1 unspecified atom stereocenters. The van der Waals surface area contributed by atoms with Gasteiger partial charge in [0.1, 0.15) is 11.2 Å². The van der Waals surface area contributed by atoms with Gasteiger partial charge in [0.15, 0.2) is 5.84 Å². The van der Waals surface area contributed by atoms with Crippen LogP contribution in [-0.4, -0.2) is 16.1 Å². The minimum atomic E-state index is 0.0798. The predicted molar refractivity (Wildman–Crippen MR) is 264 cm³/mol. The lowest BCUT2D eigenvalue weighted by Gasteiger charge is -2.21. The van der Waals surface area contributed by atoms with Crippen LogP contribution in [-0.2, 0) is 0 Å². The van der Waals surface area contributed by atoms with E-state index in [9.17, 15) is 0 Å². The first-order chi connectivity index (χ1) is 30.6. The number of aliphatic imine (C=N–C) groups is 2. The van der Waals surface area contributed by atoms with Crippen molar-refractivity contribution in [2.24, 2.45) is 15.9 Å². The summed E-state index contributed by atoms with van der Waals surface area (Å²) in [5.41, 5.74) is 10.1. The van der Waals surface area contributed by atoms with Gasteiger partial charge in [-0.05, 0) is 88.1 Å². The Kier molecular flexibility index (Phi) is 7.78. The topological polar surface area (TPSA) is 42.8 Å². The van der Waals surface area contributed by atoms with Gasteiger partial charge in [-0.25, -0.2) is 9.98 Å². The maximum atomic E-state index is 6.66. The standard InChI is InChI=1S/C57H37N3OS/c1-34-25-27-46(58-57(42-21-12-16-35-13-4-5-17-39(35)42)59-56(34)38-26-30-53-45(32-38)41-19-8-11-24-52(41)62-53)55-48(28-29-51-54(55)43-20-7-10-23-50(43)61-51)60-47-22-9-6-18-40(47)44-31-36-14-2-3-15-37(36)33-49(44)60/h2-24,26-34H,25H2,1H3/b46-27+,58-57?,59-56?. The molecule has 292 valence electrons. The van der Waals surface area contributed by atoms with Gasteiger partial charge in [-0.3, -0.25) is 0 Å². The van der Waals surface area contributed by atoms with Crippen LogP contribution in [0.3, 0.4) is 0 Å². The molecule has 0 fully saturated rings. The number of hydrogen-bond donors (Lipinski definition) is 0. The van der Waals surface area contributed by atoms with Gasteiger partial charge in [0.05, 0.1) is 28.1 Å². The van der Waals surface area contributed by atoms with Crippen molar-refractivity contribution >= 4 is 114 Å². The van der Waals surface area contributed by atoms with Crippen molar-refractivity contribution in [2.45, 2.75) is 13.3 Å². The molecule has 0 saturated heterocycles. The van der Waals surface area contributed by atoms with Crippen molar-refractivity contribution in [3.63, 3.8) is 0 Å². The fourth-order valence-corrected chi connectivity index (χ4v) is 11.0. The van der Waals surface area contributed by atoms with Gasteiger partial charge in [-0.2, -0.15) is 0 Å². The Morgan fingerprint density at radius 2 is 1.24 bits per heavy atom. The molecule has 1 aliphatic rings. The van der Waals surface area contributed by atoms with E-state index in [1.165, 1.54) is 41.7 Å². The van der Waals surface area contributed by atoms with E-state index in [1.54, 1.807) is 0 Å². The first-order valence-electron chi connectivity index (χ1n) is 21.3. The monoisotopic (exact) mass is 811 g/mol. The van der Waals surface area contributed by atoms with Gasteiger partial charge in [0, 0.05) is 58.8 Å². The smallest absolute Gasteiger partial charge is 0.160 e. The maximum absolute atomic E-state index is 6.66. The van der Waals surface area contributed by atoms with Crippen LogP contribution in [0.15, 0.2) is 202 Å². The van der Waals surface area contributed by atoms with Crippen molar-refractivity contribution in [3.05, 3.63) is 205 Å². The summed E-state index contributed by atoms with van der Waals surface area (Å²) < 4.78 is 11.7. The molecular formula is C57H37N3OS. The number of nitrogens with zero attached hydrogens (tertiary/aromatic N) is 3. The van der Waals surface area contributed by atoms with E-state index < -0.39 is 0 Å². The summed E-state index contributed by atoms with van der Waals surface area (Å²) in [6.45, 7) is 2.31. The molecule has 0 amide bonds. The Hall–Kier alpha value is -7.60. The highest BCUT2D eigenvalue weighted by atomic mass is 32.1. The first-order valence-corrected chi connectivity index (χ1v) is 22.1.